The van der Waals surface area contributed by atoms with E-state index >= 15 is 0 Å². The highest BCUT2D eigenvalue weighted by atomic mass is 16.3. The van der Waals surface area contributed by atoms with Crippen molar-refractivity contribution in [2.24, 2.45) is 0 Å². The van der Waals surface area contributed by atoms with Crippen molar-refractivity contribution >= 4 is 43.5 Å². The van der Waals surface area contributed by atoms with E-state index in [0.29, 0.717) is 0 Å². The predicted octanol–water partition coefficient (Wildman–Crippen LogP) is 17.7. The minimum Gasteiger partial charge on any atom is -0.456 e. The molecular weight excluding hydrogens is 821 g/mol. The third-order valence-electron chi connectivity index (χ3n) is 15.1. The maximum Gasteiger partial charge on any atom is 0.135 e. The van der Waals surface area contributed by atoms with Gasteiger partial charge in [0.1, 0.15) is 11.2 Å². The van der Waals surface area contributed by atoms with Crippen LogP contribution in [0.5, 0.6) is 0 Å². The quantitative estimate of drug-likeness (QED) is 0.141. The highest BCUT2D eigenvalue weighted by Crippen LogP contribution is 2.60. The van der Waals surface area contributed by atoms with Gasteiger partial charge in [0.25, 0.3) is 0 Å². The summed E-state index contributed by atoms with van der Waals surface area (Å²) in [7, 11) is 0. The van der Waals surface area contributed by atoms with Gasteiger partial charge in [-0.2, -0.15) is 0 Å². The van der Waals surface area contributed by atoms with Crippen molar-refractivity contribution in [3.8, 4) is 33.4 Å². The molecule has 1 aliphatic carbocycles. The molecule has 2 unspecified atom stereocenters. The monoisotopic (exact) mass is 868 g/mol. The lowest BCUT2D eigenvalue weighted by Gasteiger charge is -2.35. The summed E-state index contributed by atoms with van der Waals surface area (Å²) in [5.74, 6) is 0.366. The number of furan rings is 1. The SMILES string of the molecule is CC(c1ccc2c(c1)C(c1ccccc1)(c1ccccc1)c1cc(-c3ccc(-c4ccccc4)c4ccccc34)c3ccccc3c1-2)C(Cc1ccccc1)c1ccc2oc3ccccc3c2c1. The fourth-order valence-electron chi connectivity index (χ4n) is 11.9. The van der Waals surface area contributed by atoms with Gasteiger partial charge in [-0.05, 0) is 136 Å². The summed E-state index contributed by atoms with van der Waals surface area (Å²) in [5.41, 5.74) is 18.0. The molecule has 0 radical (unpaired) electrons. The average molecular weight is 869 g/mol. The summed E-state index contributed by atoms with van der Waals surface area (Å²) < 4.78 is 6.35. The third-order valence-corrected chi connectivity index (χ3v) is 15.1. The van der Waals surface area contributed by atoms with Crippen molar-refractivity contribution < 1.29 is 4.42 Å². The largest absolute Gasteiger partial charge is 0.456 e. The summed E-state index contributed by atoms with van der Waals surface area (Å²) >= 11 is 0. The van der Waals surface area contributed by atoms with Crippen molar-refractivity contribution in [3.63, 3.8) is 0 Å². The molecule has 0 bridgehead atoms. The van der Waals surface area contributed by atoms with Crippen molar-refractivity contribution in [2.45, 2.75) is 30.6 Å². The van der Waals surface area contributed by atoms with Gasteiger partial charge >= 0.3 is 0 Å². The first-order valence-electron chi connectivity index (χ1n) is 24.0. The Bertz CT molecular complexity index is 3790. The number of hydrogen-bond acceptors (Lipinski definition) is 1. The molecule has 68 heavy (non-hydrogen) atoms. The van der Waals surface area contributed by atoms with Gasteiger partial charge in [0.05, 0.1) is 5.41 Å². The van der Waals surface area contributed by atoms with Crippen molar-refractivity contribution in [1.29, 1.82) is 0 Å². The first-order chi connectivity index (χ1) is 33.6. The fourth-order valence-corrected chi connectivity index (χ4v) is 11.9. The Morgan fingerprint density at radius 1 is 0.368 bits per heavy atom. The third kappa shape index (κ3) is 6.30. The summed E-state index contributed by atoms with van der Waals surface area (Å²) in [6.45, 7) is 2.44. The normalized spacial score (nSPS) is 13.7. The smallest absolute Gasteiger partial charge is 0.135 e. The zero-order valence-corrected chi connectivity index (χ0v) is 37.9. The molecule has 12 aromatic rings. The predicted molar refractivity (Wildman–Crippen MR) is 285 cm³/mol. The highest BCUT2D eigenvalue weighted by Gasteiger charge is 2.47. The molecule has 13 rings (SSSR count). The maximum atomic E-state index is 6.35. The molecule has 1 heterocycles. The molecule has 1 aliphatic rings. The molecule has 1 nitrogen and oxygen atoms in total. The second-order valence-corrected chi connectivity index (χ2v) is 18.7. The fraction of sp³-hybridized carbons (Fsp3) is 0.0746. The molecular formula is C67H48O. The van der Waals surface area contributed by atoms with E-state index in [4.69, 9.17) is 4.42 Å². The highest BCUT2D eigenvalue weighted by molar-refractivity contribution is 6.14. The molecule has 1 aromatic heterocycles. The number of hydrogen-bond donors (Lipinski definition) is 0. The summed E-state index contributed by atoms with van der Waals surface area (Å²) in [4.78, 5) is 0. The molecule has 0 aliphatic heterocycles. The minimum absolute atomic E-state index is 0.172. The van der Waals surface area contributed by atoms with Gasteiger partial charge in [-0.25, -0.2) is 0 Å². The van der Waals surface area contributed by atoms with E-state index in [9.17, 15) is 0 Å². The lowest BCUT2D eigenvalue weighted by Crippen LogP contribution is -2.29. The molecule has 11 aromatic carbocycles. The van der Waals surface area contributed by atoms with Crippen LogP contribution >= 0.6 is 0 Å². The second kappa shape index (κ2) is 16.3. The van der Waals surface area contributed by atoms with E-state index in [1.807, 2.05) is 0 Å². The number of benzene rings is 11. The van der Waals surface area contributed by atoms with Crippen LogP contribution in [-0.2, 0) is 11.8 Å². The van der Waals surface area contributed by atoms with E-state index < -0.39 is 5.41 Å². The Morgan fingerprint density at radius 2 is 0.882 bits per heavy atom. The van der Waals surface area contributed by atoms with Gasteiger partial charge < -0.3 is 4.42 Å². The van der Waals surface area contributed by atoms with Gasteiger partial charge in [0, 0.05) is 10.8 Å². The second-order valence-electron chi connectivity index (χ2n) is 18.7. The Kier molecular flexibility index (Phi) is 9.58. The summed E-state index contributed by atoms with van der Waals surface area (Å²) in [6.07, 6.45) is 0.911. The Balaban J connectivity index is 1.06. The number of fused-ring (bicyclic) bond motifs is 9. The van der Waals surface area contributed by atoms with Gasteiger partial charge in [-0.15, -0.1) is 0 Å². The van der Waals surface area contributed by atoms with E-state index in [-0.39, 0.29) is 11.8 Å². The molecule has 0 spiro atoms. The molecule has 0 saturated carbocycles. The van der Waals surface area contributed by atoms with E-state index in [0.717, 1.165) is 23.0 Å². The first kappa shape index (κ1) is 40.1. The van der Waals surface area contributed by atoms with Crippen molar-refractivity contribution in [1.82, 2.24) is 0 Å². The van der Waals surface area contributed by atoms with Crippen LogP contribution < -0.4 is 0 Å². The molecule has 0 saturated heterocycles. The van der Waals surface area contributed by atoms with Crippen LogP contribution in [0.15, 0.2) is 253 Å². The Hall–Kier alpha value is -8.26. The van der Waals surface area contributed by atoms with E-state index in [2.05, 4.69) is 256 Å². The first-order valence-corrected chi connectivity index (χ1v) is 24.0. The Labute approximate surface area is 397 Å². The minimum atomic E-state index is -0.606. The topological polar surface area (TPSA) is 13.1 Å². The van der Waals surface area contributed by atoms with Gasteiger partial charge in [-0.3, -0.25) is 0 Å². The van der Waals surface area contributed by atoms with Crippen molar-refractivity contribution in [2.75, 3.05) is 0 Å². The number of para-hydroxylation sites is 1. The average Bonchev–Trinajstić information content (AvgIpc) is 3.93. The summed E-state index contributed by atoms with van der Waals surface area (Å²) in [5, 5.41) is 7.37. The van der Waals surface area contributed by atoms with Crippen LogP contribution in [0.4, 0.5) is 0 Å². The standard InChI is InChI=1S/C67H48O/c1-44(59(40-45-20-6-2-7-21-45)48-35-39-65-61(41-48)56-31-18-19-33-64(56)68-65)47-34-36-58-62(42-47)67(49-24-10-4-11-25-49,50-26-12-5-13-27-50)63-43-60(54-30-16-17-32-57(54)66(58)63)55-38-37-51(46-22-8-3-9-23-46)52-28-14-15-29-53(52)55/h2-39,41-44,59H,40H2,1H3. The number of rotatable bonds is 9. The van der Waals surface area contributed by atoms with Gasteiger partial charge in [0.15, 0.2) is 0 Å². The molecule has 0 amide bonds. The molecule has 0 fully saturated rings. The van der Waals surface area contributed by atoms with Crippen LogP contribution in [-0.4, -0.2) is 0 Å². The van der Waals surface area contributed by atoms with Gasteiger partial charge in [-0.1, -0.05) is 231 Å². The zero-order valence-electron chi connectivity index (χ0n) is 37.9. The summed E-state index contributed by atoms with van der Waals surface area (Å²) in [6, 6.07) is 92.5. The van der Waals surface area contributed by atoms with Crippen LogP contribution in [0.25, 0.3) is 76.9 Å². The molecule has 2 atom stereocenters. The lowest BCUT2D eigenvalue weighted by atomic mass is 9.66. The maximum absolute atomic E-state index is 6.35. The molecule has 0 N–H and O–H groups in total. The van der Waals surface area contributed by atoms with Crippen LogP contribution in [0.3, 0.4) is 0 Å². The Morgan fingerprint density at radius 3 is 1.57 bits per heavy atom. The van der Waals surface area contributed by atoms with Crippen LogP contribution in [0.2, 0.25) is 0 Å². The molecule has 322 valence electrons. The van der Waals surface area contributed by atoms with Crippen LogP contribution in [0, 0.1) is 0 Å². The van der Waals surface area contributed by atoms with E-state index in [1.54, 1.807) is 0 Å². The van der Waals surface area contributed by atoms with Gasteiger partial charge in [0.2, 0.25) is 0 Å². The van der Waals surface area contributed by atoms with E-state index in [1.165, 1.54) is 99.3 Å². The molecule has 1 heteroatoms. The van der Waals surface area contributed by atoms with Crippen molar-refractivity contribution in [3.05, 3.63) is 288 Å². The zero-order chi connectivity index (χ0) is 45.2. The van der Waals surface area contributed by atoms with Crippen LogP contribution in [0.1, 0.15) is 57.7 Å². The lowest BCUT2D eigenvalue weighted by molar-refractivity contribution is 0.571.